The van der Waals surface area contributed by atoms with Crippen molar-refractivity contribution in [3.63, 3.8) is 0 Å². The molecule has 19 heavy (non-hydrogen) atoms. The number of fused-ring (bicyclic) bond motifs is 1. The van der Waals surface area contributed by atoms with Gasteiger partial charge in [-0.05, 0) is 39.8 Å². The molecule has 0 saturated heterocycles. The zero-order valence-electron chi connectivity index (χ0n) is 11.6. The normalized spacial score (nSPS) is 13.5. The quantitative estimate of drug-likeness (QED) is 0.844. The number of H-pyrrole nitrogens is 1. The molecule has 5 nitrogen and oxygen atoms in total. The molecule has 1 heterocycles. The molecule has 1 aromatic heterocycles. The number of aromatic nitrogens is 2. The highest BCUT2D eigenvalue weighted by molar-refractivity contribution is 5.80. The van der Waals surface area contributed by atoms with Crippen molar-refractivity contribution in [3.8, 4) is 0 Å². The van der Waals surface area contributed by atoms with Crippen LogP contribution in [0.3, 0.4) is 0 Å². The van der Waals surface area contributed by atoms with Crippen molar-refractivity contribution in [2.75, 3.05) is 0 Å². The van der Waals surface area contributed by atoms with E-state index in [2.05, 4.69) is 4.98 Å². The first-order valence-corrected chi connectivity index (χ1v) is 6.22. The van der Waals surface area contributed by atoms with Gasteiger partial charge in [0.15, 0.2) is 0 Å². The van der Waals surface area contributed by atoms with Crippen LogP contribution >= 0.6 is 0 Å². The third-order valence-electron chi connectivity index (χ3n) is 2.76. The monoisotopic (exact) mass is 262 g/mol. The number of esters is 1. The summed E-state index contributed by atoms with van der Waals surface area (Å²) in [5.74, 6) is -0.417. The van der Waals surface area contributed by atoms with Crippen LogP contribution < -0.4 is 5.69 Å². The molecule has 0 spiro atoms. The zero-order valence-corrected chi connectivity index (χ0v) is 11.6. The fourth-order valence-electron chi connectivity index (χ4n) is 1.95. The molecule has 1 aromatic carbocycles. The number of para-hydroxylation sites is 2. The number of hydrogen-bond acceptors (Lipinski definition) is 3. The van der Waals surface area contributed by atoms with E-state index in [0.29, 0.717) is 11.0 Å². The van der Waals surface area contributed by atoms with Crippen molar-refractivity contribution in [1.29, 1.82) is 0 Å². The Hall–Kier alpha value is -2.04. The molecule has 1 atom stereocenters. The van der Waals surface area contributed by atoms with Gasteiger partial charge >= 0.3 is 11.7 Å². The topological polar surface area (TPSA) is 64.1 Å². The van der Waals surface area contributed by atoms with E-state index in [-0.39, 0.29) is 5.69 Å². The highest BCUT2D eigenvalue weighted by Gasteiger charge is 2.25. The lowest BCUT2D eigenvalue weighted by Crippen LogP contribution is -2.32. The lowest BCUT2D eigenvalue weighted by Gasteiger charge is -2.22. The van der Waals surface area contributed by atoms with E-state index < -0.39 is 17.6 Å². The summed E-state index contributed by atoms with van der Waals surface area (Å²) < 4.78 is 6.73. The van der Waals surface area contributed by atoms with Crippen LogP contribution in [0.5, 0.6) is 0 Å². The molecule has 1 unspecified atom stereocenters. The van der Waals surface area contributed by atoms with Crippen molar-refractivity contribution in [3.05, 3.63) is 34.7 Å². The van der Waals surface area contributed by atoms with E-state index in [9.17, 15) is 9.59 Å². The molecule has 0 aliphatic rings. The first-order valence-electron chi connectivity index (χ1n) is 6.22. The molecule has 102 valence electrons. The van der Waals surface area contributed by atoms with Gasteiger partial charge in [-0.2, -0.15) is 0 Å². The van der Waals surface area contributed by atoms with E-state index in [1.807, 2.05) is 12.1 Å². The summed E-state index contributed by atoms with van der Waals surface area (Å²) in [6, 6.07) is 6.60. The summed E-state index contributed by atoms with van der Waals surface area (Å²) in [5.41, 5.74) is 0.537. The van der Waals surface area contributed by atoms with Crippen molar-refractivity contribution < 1.29 is 9.53 Å². The standard InChI is InChI=1S/C14H18N2O3/c1-9(12(17)19-14(2,3)4)16-11-8-6-5-7-10(11)15-13(16)18/h5-9H,1-4H3,(H,15,18). The van der Waals surface area contributed by atoms with Gasteiger partial charge in [0.1, 0.15) is 11.6 Å². The van der Waals surface area contributed by atoms with Crippen LogP contribution in [0.2, 0.25) is 0 Å². The SMILES string of the molecule is CC(C(=O)OC(C)(C)C)n1c(=O)[nH]c2ccccc21. The molecule has 0 aliphatic heterocycles. The minimum atomic E-state index is -0.664. The van der Waals surface area contributed by atoms with E-state index in [0.717, 1.165) is 0 Å². The number of rotatable bonds is 2. The van der Waals surface area contributed by atoms with Crippen LogP contribution in [0.25, 0.3) is 11.0 Å². The summed E-state index contributed by atoms with van der Waals surface area (Å²) >= 11 is 0. The Balaban J connectivity index is 2.42. The Labute approximate surface area is 111 Å². The minimum absolute atomic E-state index is 0.306. The first-order chi connectivity index (χ1) is 8.79. The Kier molecular flexibility index (Phi) is 3.22. The average Bonchev–Trinajstić information content (AvgIpc) is 2.61. The number of imidazole rings is 1. The lowest BCUT2D eigenvalue weighted by molar-refractivity contribution is -0.158. The molecule has 0 saturated carbocycles. The van der Waals surface area contributed by atoms with Gasteiger partial charge in [-0.25, -0.2) is 9.59 Å². The van der Waals surface area contributed by atoms with Crippen molar-refractivity contribution in [2.24, 2.45) is 0 Å². The van der Waals surface area contributed by atoms with Crippen LogP contribution in [-0.4, -0.2) is 21.1 Å². The second kappa shape index (κ2) is 4.57. The number of benzene rings is 1. The fraction of sp³-hybridized carbons (Fsp3) is 0.429. The number of nitrogens with zero attached hydrogens (tertiary/aromatic N) is 1. The molecule has 0 fully saturated rings. The molecule has 1 N–H and O–H groups in total. The van der Waals surface area contributed by atoms with Gasteiger partial charge in [-0.1, -0.05) is 12.1 Å². The van der Waals surface area contributed by atoms with Crippen LogP contribution in [-0.2, 0) is 9.53 Å². The molecule has 0 bridgehead atoms. The molecular weight excluding hydrogens is 244 g/mol. The largest absolute Gasteiger partial charge is 0.458 e. The third kappa shape index (κ3) is 2.70. The van der Waals surface area contributed by atoms with Crippen molar-refractivity contribution in [1.82, 2.24) is 9.55 Å². The van der Waals surface area contributed by atoms with E-state index in [1.165, 1.54) is 4.57 Å². The van der Waals surface area contributed by atoms with Gasteiger partial charge in [-0.3, -0.25) is 4.57 Å². The Morgan fingerprint density at radius 2 is 1.95 bits per heavy atom. The molecular formula is C14H18N2O3. The van der Waals surface area contributed by atoms with Gasteiger partial charge in [0.2, 0.25) is 0 Å². The smallest absolute Gasteiger partial charge is 0.329 e. The molecule has 2 rings (SSSR count). The number of nitrogens with one attached hydrogen (secondary N) is 1. The number of hydrogen-bond donors (Lipinski definition) is 1. The number of carbonyl (C=O) groups is 1. The summed E-state index contributed by atoms with van der Waals surface area (Å²) in [6.07, 6.45) is 0. The Bertz CT molecular complexity index is 661. The van der Waals surface area contributed by atoms with Gasteiger partial charge in [0.05, 0.1) is 11.0 Å². The first kappa shape index (κ1) is 13.4. The molecule has 0 amide bonds. The van der Waals surface area contributed by atoms with Crippen molar-refractivity contribution in [2.45, 2.75) is 39.3 Å². The van der Waals surface area contributed by atoms with Gasteiger partial charge in [0, 0.05) is 0 Å². The summed E-state index contributed by atoms with van der Waals surface area (Å²) in [5, 5.41) is 0. The fourth-order valence-corrected chi connectivity index (χ4v) is 1.95. The molecule has 5 heteroatoms. The maximum Gasteiger partial charge on any atom is 0.329 e. The Morgan fingerprint density at radius 3 is 2.58 bits per heavy atom. The maximum absolute atomic E-state index is 12.1. The lowest BCUT2D eigenvalue weighted by atomic mass is 10.2. The van der Waals surface area contributed by atoms with Crippen molar-refractivity contribution >= 4 is 17.0 Å². The summed E-state index contributed by atoms with van der Waals surface area (Å²) in [7, 11) is 0. The van der Waals surface area contributed by atoms with Crippen LogP contribution in [0.1, 0.15) is 33.7 Å². The van der Waals surface area contributed by atoms with Gasteiger partial charge in [0.25, 0.3) is 0 Å². The minimum Gasteiger partial charge on any atom is -0.458 e. The van der Waals surface area contributed by atoms with Gasteiger partial charge in [-0.15, -0.1) is 0 Å². The van der Waals surface area contributed by atoms with Gasteiger partial charge < -0.3 is 9.72 Å². The highest BCUT2D eigenvalue weighted by atomic mass is 16.6. The number of carbonyl (C=O) groups excluding carboxylic acids is 1. The third-order valence-corrected chi connectivity index (χ3v) is 2.76. The van der Waals surface area contributed by atoms with E-state index >= 15 is 0 Å². The van der Waals surface area contributed by atoms with E-state index in [1.54, 1.807) is 39.8 Å². The van der Waals surface area contributed by atoms with Crippen LogP contribution in [0.15, 0.2) is 29.1 Å². The maximum atomic E-state index is 12.1. The summed E-state index contributed by atoms with van der Waals surface area (Å²) in [6.45, 7) is 7.07. The second-order valence-electron chi connectivity index (χ2n) is 5.53. The second-order valence-corrected chi connectivity index (χ2v) is 5.53. The molecule has 0 radical (unpaired) electrons. The van der Waals surface area contributed by atoms with Crippen LogP contribution in [0, 0.1) is 0 Å². The molecule has 2 aromatic rings. The zero-order chi connectivity index (χ0) is 14.2. The number of ether oxygens (including phenoxy) is 1. The predicted molar refractivity (Wildman–Crippen MR) is 73.1 cm³/mol. The average molecular weight is 262 g/mol. The number of aromatic amines is 1. The van der Waals surface area contributed by atoms with E-state index in [4.69, 9.17) is 4.74 Å². The predicted octanol–water partition coefficient (Wildman–Crippen LogP) is 2.23. The summed E-state index contributed by atoms with van der Waals surface area (Å²) in [4.78, 5) is 26.7. The molecule has 0 aliphatic carbocycles. The highest BCUT2D eigenvalue weighted by Crippen LogP contribution is 2.18. The Morgan fingerprint density at radius 1 is 1.32 bits per heavy atom. The van der Waals surface area contributed by atoms with Crippen LogP contribution in [0.4, 0.5) is 0 Å².